The van der Waals surface area contributed by atoms with E-state index < -0.39 is 6.17 Å². The molecule has 4 aromatic rings. The lowest BCUT2D eigenvalue weighted by Gasteiger charge is -2.46. The molecule has 5 heteroatoms. The fourth-order valence-electron chi connectivity index (χ4n) is 4.67. The molecule has 5 rings (SSSR count). The normalized spacial score (nSPS) is 15.1. The van der Waals surface area contributed by atoms with Crippen molar-refractivity contribution >= 4 is 17.3 Å². The lowest BCUT2D eigenvalue weighted by atomic mass is 9.98. The standard InChI is InChI=1S/C30H28N2O3/c1-21-13-15-23(16-14-21)32-29(26-18-17-24(34-2)19-28(26)35-3)31(20-22-9-5-4-6-10-22)27-12-8-7-11-25(27)30(32)33/h4-19,29H,20H2,1-3H3/t29-/m1/s1. The van der Waals surface area contributed by atoms with Crippen molar-refractivity contribution in [2.24, 2.45) is 0 Å². The van der Waals surface area contributed by atoms with Crippen molar-refractivity contribution in [2.75, 3.05) is 24.0 Å². The Morgan fingerprint density at radius 3 is 2.23 bits per heavy atom. The molecule has 0 fully saturated rings. The van der Waals surface area contributed by atoms with Gasteiger partial charge in [-0.3, -0.25) is 9.69 Å². The van der Waals surface area contributed by atoms with E-state index in [1.807, 2.05) is 96.8 Å². The van der Waals surface area contributed by atoms with Gasteiger partial charge in [0.05, 0.1) is 25.5 Å². The highest BCUT2D eigenvalue weighted by Crippen LogP contribution is 2.45. The van der Waals surface area contributed by atoms with Crippen LogP contribution in [0.3, 0.4) is 0 Å². The number of benzene rings is 4. The average Bonchev–Trinajstić information content (AvgIpc) is 2.91. The summed E-state index contributed by atoms with van der Waals surface area (Å²) in [6.07, 6.45) is -0.429. The number of ether oxygens (including phenoxy) is 2. The first-order valence-electron chi connectivity index (χ1n) is 11.6. The molecule has 0 radical (unpaired) electrons. The second-order valence-corrected chi connectivity index (χ2v) is 8.62. The minimum atomic E-state index is -0.429. The number of carbonyl (C=O) groups is 1. The van der Waals surface area contributed by atoms with Gasteiger partial charge >= 0.3 is 0 Å². The van der Waals surface area contributed by atoms with Crippen LogP contribution in [0.15, 0.2) is 97.1 Å². The first-order chi connectivity index (χ1) is 17.1. The van der Waals surface area contributed by atoms with Gasteiger partial charge in [0.1, 0.15) is 17.7 Å². The van der Waals surface area contributed by atoms with Crippen molar-refractivity contribution in [1.82, 2.24) is 0 Å². The summed E-state index contributed by atoms with van der Waals surface area (Å²) in [4.78, 5) is 18.2. The van der Waals surface area contributed by atoms with Crippen LogP contribution in [-0.2, 0) is 6.54 Å². The smallest absolute Gasteiger partial charge is 0.262 e. The van der Waals surface area contributed by atoms with Crippen LogP contribution in [0.1, 0.15) is 33.2 Å². The third-order valence-electron chi connectivity index (χ3n) is 6.43. The van der Waals surface area contributed by atoms with E-state index in [2.05, 4.69) is 17.0 Å². The Labute approximate surface area is 206 Å². The molecule has 0 aromatic heterocycles. The molecule has 5 nitrogen and oxygen atoms in total. The van der Waals surface area contributed by atoms with Crippen LogP contribution in [0, 0.1) is 6.92 Å². The molecule has 0 unspecified atom stereocenters. The topological polar surface area (TPSA) is 42.0 Å². The largest absolute Gasteiger partial charge is 0.497 e. The molecule has 0 spiro atoms. The summed E-state index contributed by atoms with van der Waals surface area (Å²) in [5, 5.41) is 0. The molecule has 0 bridgehead atoms. The summed E-state index contributed by atoms with van der Waals surface area (Å²) < 4.78 is 11.3. The Morgan fingerprint density at radius 1 is 0.800 bits per heavy atom. The molecule has 1 amide bonds. The summed E-state index contributed by atoms with van der Waals surface area (Å²) >= 11 is 0. The van der Waals surface area contributed by atoms with E-state index in [-0.39, 0.29) is 5.91 Å². The summed E-state index contributed by atoms with van der Waals surface area (Å²) in [6.45, 7) is 2.66. The van der Waals surface area contributed by atoms with Gasteiger partial charge in [-0.15, -0.1) is 0 Å². The lowest BCUT2D eigenvalue weighted by molar-refractivity contribution is 0.0968. The molecule has 1 aliphatic rings. The number of hydrogen-bond donors (Lipinski definition) is 0. The monoisotopic (exact) mass is 464 g/mol. The third kappa shape index (κ3) is 4.21. The number of aryl methyl sites for hydroxylation is 1. The van der Waals surface area contributed by atoms with Crippen molar-refractivity contribution in [3.63, 3.8) is 0 Å². The number of fused-ring (bicyclic) bond motifs is 1. The Kier molecular flexibility index (Phi) is 6.15. The van der Waals surface area contributed by atoms with E-state index in [0.717, 1.165) is 28.1 Å². The maximum absolute atomic E-state index is 14.0. The van der Waals surface area contributed by atoms with E-state index in [1.165, 1.54) is 0 Å². The van der Waals surface area contributed by atoms with Crippen LogP contribution < -0.4 is 19.3 Å². The fourth-order valence-corrected chi connectivity index (χ4v) is 4.67. The van der Waals surface area contributed by atoms with Crippen LogP contribution in [0.25, 0.3) is 0 Å². The van der Waals surface area contributed by atoms with Crippen molar-refractivity contribution in [2.45, 2.75) is 19.6 Å². The van der Waals surface area contributed by atoms with Crippen LogP contribution in [0.4, 0.5) is 11.4 Å². The molecule has 1 heterocycles. The number of methoxy groups -OCH3 is 2. The molecule has 0 aliphatic carbocycles. The van der Waals surface area contributed by atoms with E-state index in [4.69, 9.17) is 9.47 Å². The highest BCUT2D eigenvalue weighted by atomic mass is 16.5. The number of rotatable bonds is 6. The van der Waals surface area contributed by atoms with Crippen molar-refractivity contribution in [3.05, 3.63) is 119 Å². The summed E-state index contributed by atoms with van der Waals surface area (Å²) in [5.74, 6) is 1.32. The number of para-hydroxylation sites is 1. The molecule has 1 atom stereocenters. The Balaban J connectivity index is 1.75. The fraction of sp³-hybridized carbons (Fsp3) is 0.167. The molecular weight excluding hydrogens is 436 g/mol. The number of hydrogen-bond acceptors (Lipinski definition) is 4. The number of nitrogens with zero attached hydrogens (tertiary/aromatic N) is 2. The number of amides is 1. The first kappa shape index (κ1) is 22.5. The van der Waals surface area contributed by atoms with Gasteiger partial charge < -0.3 is 14.4 Å². The maximum atomic E-state index is 14.0. The average molecular weight is 465 g/mol. The van der Waals surface area contributed by atoms with Crippen LogP contribution in [0.5, 0.6) is 11.5 Å². The summed E-state index contributed by atoms with van der Waals surface area (Å²) in [7, 11) is 3.28. The quantitative estimate of drug-likeness (QED) is 0.332. The molecule has 0 N–H and O–H groups in total. The molecule has 4 aromatic carbocycles. The molecule has 176 valence electrons. The van der Waals surface area contributed by atoms with Crippen molar-refractivity contribution < 1.29 is 14.3 Å². The predicted octanol–water partition coefficient (Wildman–Crippen LogP) is 6.38. The number of anilines is 2. The van der Waals surface area contributed by atoms with Crippen LogP contribution in [-0.4, -0.2) is 20.1 Å². The SMILES string of the molecule is COc1ccc([C@@H]2N(Cc3ccccc3)c3ccccc3C(=O)N2c2ccc(C)cc2)c(OC)c1. The molecule has 1 aliphatic heterocycles. The van der Waals surface area contributed by atoms with Gasteiger partial charge in [0.15, 0.2) is 0 Å². The van der Waals surface area contributed by atoms with Crippen molar-refractivity contribution in [1.29, 1.82) is 0 Å². The zero-order valence-electron chi connectivity index (χ0n) is 20.1. The number of carbonyl (C=O) groups excluding carboxylic acids is 1. The van der Waals surface area contributed by atoms with E-state index in [0.29, 0.717) is 23.6 Å². The van der Waals surface area contributed by atoms with Gasteiger partial charge in [-0.1, -0.05) is 60.2 Å². The molecule has 0 saturated heterocycles. The zero-order chi connectivity index (χ0) is 24.4. The molecule has 0 saturated carbocycles. The van der Waals surface area contributed by atoms with Gasteiger partial charge in [0.25, 0.3) is 5.91 Å². The highest BCUT2D eigenvalue weighted by Gasteiger charge is 2.40. The zero-order valence-corrected chi connectivity index (χ0v) is 20.1. The third-order valence-corrected chi connectivity index (χ3v) is 6.43. The maximum Gasteiger partial charge on any atom is 0.262 e. The Bertz CT molecular complexity index is 1340. The van der Waals surface area contributed by atoms with Gasteiger partial charge in [0, 0.05) is 23.9 Å². The minimum absolute atomic E-state index is 0.0448. The van der Waals surface area contributed by atoms with Crippen LogP contribution >= 0.6 is 0 Å². The van der Waals surface area contributed by atoms with E-state index in [1.54, 1.807) is 14.2 Å². The molecule has 35 heavy (non-hydrogen) atoms. The van der Waals surface area contributed by atoms with Crippen molar-refractivity contribution in [3.8, 4) is 11.5 Å². The van der Waals surface area contributed by atoms with Gasteiger partial charge in [-0.2, -0.15) is 0 Å². The van der Waals surface area contributed by atoms with Gasteiger partial charge in [-0.25, -0.2) is 0 Å². The Hall–Kier alpha value is -4.25. The lowest BCUT2D eigenvalue weighted by Crippen LogP contribution is -2.49. The molecular formula is C30H28N2O3. The predicted molar refractivity (Wildman–Crippen MR) is 139 cm³/mol. The van der Waals surface area contributed by atoms with E-state index in [9.17, 15) is 4.79 Å². The highest BCUT2D eigenvalue weighted by molar-refractivity contribution is 6.12. The second-order valence-electron chi connectivity index (χ2n) is 8.62. The van der Waals surface area contributed by atoms with E-state index >= 15 is 0 Å². The summed E-state index contributed by atoms with van der Waals surface area (Å²) in [5.41, 5.74) is 5.57. The first-order valence-corrected chi connectivity index (χ1v) is 11.6. The summed E-state index contributed by atoms with van der Waals surface area (Å²) in [6, 6.07) is 32.0. The van der Waals surface area contributed by atoms with Crippen LogP contribution in [0.2, 0.25) is 0 Å². The van der Waals surface area contributed by atoms with Gasteiger partial charge in [0.2, 0.25) is 0 Å². The minimum Gasteiger partial charge on any atom is -0.497 e. The van der Waals surface area contributed by atoms with Gasteiger partial charge in [-0.05, 0) is 48.9 Å². The second kappa shape index (κ2) is 9.55. The Morgan fingerprint density at radius 2 is 1.51 bits per heavy atom.